The molecule has 0 heterocycles. The Hall–Kier alpha value is -0.750. The van der Waals surface area contributed by atoms with Gasteiger partial charge in [0.15, 0.2) is 0 Å². The summed E-state index contributed by atoms with van der Waals surface area (Å²) >= 11 is 15.3. The van der Waals surface area contributed by atoms with Crippen molar-refractivity contribution in [2.75, 3.05) is 4.72 Å². The maximum atomic E-state index is 12.5. The van der Waals surface area contributed by atoms with Gasteiger partial charge in [0.05, 0.1) is 16.1 Å². The standard InChI is InChI=1S/C14H12BrCl2NO2S/c1-9(16)11-4-2-3-5-13(11)18-21(19,20)14-7-6-10(15)8-12(14)17/h2-9,18H,1H3. The smallest absolute Gasteiger partial charge is 0.263 e. The Kier molecular flexibility index (Phi) is 5.20. The van der Waals surface area contributed by atoms with Crippen molar-refractivity contribution < 1.29 is 8.42 Å². The van der Waals surface area contributed by atoms with Gasteiger partial charge in [0.1, 0.15) is 4.90 Å². The second kappa shape index (κ2) is 6.57. The van der Waals surface area contributed by atoms with Crippen LogP contribution in [0.4, 0.5) is 5.69 Å². The molecular weight excluding hydrogens is 397 g/mol. The van der Waals surface area contributed by atoms with Gasteiger partial charge < -0.3 is 0 Å². The van der Waals surface area contributed by atoms with Crippen molar-refractivity contribution in [1.82, 2.24) is 0 Å². The molecule has 2 aromatic carbocycles. The van der Waals surface area contributed by atoms with Gasteiger partial charge in [0.25, 0.3) is 10.0 Å². The normalized spacial score (nSPS) is 13.0. The summed E-state index contributed by atoms with van der Waals surface area (Å²) in [7, 11) is -3.78. The SMILES string of the molecule is CC(Cl)c1ccccc1NS(=O)(=O)c1ccc(Br)cc1Cl. The van der Waals surface area contributed by atoms with Crippen LogP contribution in [0.5, 0.6) is 0 Å². The van der Waals surface area contributed by atoms with Crippen molar-refractivity contribution in [3.05, 3.63) is 57.5 Å². The summed E-state index contributed by atoms with van der Waals surface area (Å²) in [6.45, 7) is 1.78. The molecule has 0 bridgehead atoms. The van der Waals surface area contributed by atoms with Crippen molar-refractivity contribution in [2.24, 2.45) is 0 Å². The molecule has 0 aliphatic rings. The fourth-order valence-corrected chi connectivity index (χ4v) is 4.15. The predicted octanol–water partition coefficient (Wildman–Crippen LogP) is 5.20. The van der Waals surface area contributed by atoms with Crippen molar-refractivity contribution in [3.8, 4) is 0 Å². The lowest BCUT2D eigenvalue weighted by molar-refractivity contribution is 0.601. The van der Waals surface area contributed by atoms with Crippen molar-refractivity contribution >= 4 is 54.8 Å². The van der Waals surface area contributed by atoms with Gasteiger partial charge in [-0.15, -0.1) is 11.6 Å². The molecule has 1 N–H and O–H groups in total. The van der Waals surface area contributed by atoms with Crippen LogP contribution in [0, 0.1) is 0 Å². The Balaban J connectivity index is 2.43. The fraction of sp³-hybridized carbons (Fsp3) is 0.143. The third-order valence-electron chi connectivity index (χ3n) is 2.82. The summed E-state index contributed by atoms with van der Waals surface area (Å²) in [4.78, 5) is 0.0180. The number of sulfonamides is 1. The Morgan fingerprint density at radius 3 is 2.48 bits per heavy atom. The van der Waals surface area contributed by atoms with E-state index < -0.39 is 10.0 Å². The third kappa shape index (κ3) is 3.92. The van der Waals surface area contributed by atoms with Crippen molar-refractivity contribution in [2.45, 2.75) is 17.2 Å². The minimum atomic E-state index is -3.78. The van der Waals surface area contributed by atoms with E-state index in [0.29, 0.717) is 15.7 Å². The summed E-state index contributed by atoms with van der Waals surface area (Å²) in [5, 5.41) is -0.169. The largest absolute Gasteiger partial charge is 0.279 e. The molecule has 0 saturated heterocycles. The number of alkyl halides is 1. The van der Waals surface area contributed by atoms with E-state index in [-0.39, 0.29) is 15.3 Å². The quantitative estimate of drug-likeness (QED) is 0.706. The van der Waals surface area contributed by atoms with Gasteiger partial charge in [0, 0.05) is 4.47 Å². The average molecular weight is 409 g/mol. The lowest BCUT2D eigenvalue weighted by atomic mass is 10.1. The molecule has 0 saturated carbocycles. The lowest BCUT2D eigenvalue weighted by Crippen LogP contribution is -2.14. The Labute approximate surface area is 142 Å². The predicted molar refractivity (Wildman–Crippen MR) is 90.7 cm³/mol. The number of hydrogen-bond acceptors (Lipinski definition) is 2. The number of halogens is 3. The van der Waals surface area contributed by atoms with Crippen LogP contribution in [-0.2, 0) is 10.0 Å². The van der Waals surface area contributed by atoms with E-state index in [1.165, 1.54) is 12.1 Å². The van der Waals surface area contributed by atoms with Crippen molar-refractivity contribution in [1.29, 1.82) is 0 Å². The minimum absolute atomic E-state index is 0.0180. The number of anilines is 1. The van der Waals surface area contributed by atoms with E-state index >= 15 is 0 Å². The molecule has 1 atom stereocenters. The number of rotatable bonds is 4. The number of benzene rings is 2. The van der Waals surface area contributed by atoms with Gasteiger partial charge in [-0.2, -0.15) is 0 Å². The molecule has 2 rings (SSSR count). The van der Waals surface area contributed by atoms with E-state index in [1.807, 2.05) is 0 Å². The Bertz CT molecular complexity index is 763. The van der Waals surface area contributed by atoms with E-state index in [0.717, 1.165) is 0 Å². The van der Waals surface area contributed by atoms with Crippen molar-refractivity contribution in [3.63, 3.8) is 0 Å². The van der Waals surface area contributed by atoms with Crippen LogP contribution in [0.3, 0.4) is 0 Å². The van der Waals surface area contributed by atoms with Crippen LogP contribution >= 0.6 is 39.1 Å². The maximum absolute atomic E-state index is 12.5. The summed E-state index contributed by atoms with van der Waals surface area (Å²) in [6.07, 6.45) is 0. The van der Waals surface area contributed by atoms with E-state index in [2.05, 4.69) is 20.7 Å². The van der Waals surface area contributed by atoms with Crippen LogP contribution in [0.15, 0.2) is 51.8 Å². The summed E-state index contributed by atoms with van der Waals surface area (Å²) < 4.78 is 28.2. The topological polar surface area (TPSA) is 46.2 Å². The summed E-state index contributed by atoms with van der Waals surface area (Å²) in [6, 6.07) is 11.6. The molecule has 2 aromatic rings. The molecule has 0 aliphatic carbocycles. The van der Waals surface area contributed by atoms with Gasteiger partial charge >= 0.3 is 0 Å². The minimum Gasteiger partial charge on any atom is -0.279 e. The Morgan fingerprint density at radius 2 is 1.86 bits per heavy atom. The molecule has 0 aromatic heterocycles. The first-order valence-corrected chi connectivity index (χ1v) is 9.11. The van der Waals surface area contributed by atoms with E-state index in [1.54, 1.807) is 37.3 Å². The van der Waals surface area contributed by atoms with E-state index in [4.69, 9.17) is 23.2 Å². The summed E-state index contributed by atoms with van der Waals surface area (Å²) in [5.41, 5.74) is 1.15. The number of nitrogens with one attached hydrogen (secondary N) is 1. The fourth-order valence-electron chi connectivity index (χ4n) is 1.83. The van der Waals surface area contributed by atoms with Gasteiger partial charge in [-0.05, 0) is 36.8 Å². The average Bonchev–Trinajstić information content (AvgIpc) is 2.37. The van der Waals surface area contributed by atoms with Gasteiger partial charge in [-0.3, -0.25) is 4.72 Å². The molecule has 0 radical (unpaired) electrons. The third-order valence-corrected chi connectivity index (χ3v) is 5.39. The van der Waals surface area contributed by atoms with Crippen LogP contribution in [0.25, 0.3) is 0 Å². The molecule has 7 heteroatoms. The molecule has 21 heavy (non-hydrogen) atoms. The monoisotopic (exact) mass is 407 g/mol. The highest BCUT2D eigenvalue weighted by Crippen LogP contribution is 2.31. The molecule has 112 valence electrons. The molecule has 0 amide bonds. The van der Waals surface area contributed by atoms with Crippen LogP contribution < -0.4 is 4.72 Å². The zero-order valence-corrected chi connectivity index (χ0v) is 14.9. The van der Waals surface area contributed by atoms with E-state index in [9.17, 15) is 8.42 Å². The first kappa shape index (κ1) is 16.6. The summed E-state index contributed by atoms with van der Waals surface area (Å²) in [5.74, 6) is 0. The zero-order chi connectivity index (χ0) is 15.6. The number of para-hydroxylation sites is 1. The molecular formula is C14H12BrCl2NO2S. The lowest BCUT2D eigenvalue weighted by Gasteiger charge is -2.14. The van der Waals surface area contributed by atoms with Crippen LogP contribution in [-0.4, -0.2) is 8.42 Å². The molecule has 3 nitrogen and oxygen atoms in total. The number of hydrogen-bond donors (Lipinski definition) is 1. The molecule has 0 spiro atoms. The van der Waals surface area contributed by atoms with Gasteiger partial charge in [-0.25, -0.2) is 8.42 Å². The van der Waals surface area contributed by atoms with Crippen LogP contribution in [0.1, 0.15) is 17.9 Å². The maximum Gasteiger partial charge on any atom is 0.263 e. The molecule has 0 aliphatic heterocycles. The van der Waals surface area contributed by atoms with Gasteiger partial charge in [-0.1, -0.05) is 45.7 Å². The molecule has 0 fully saturated rings. The second-order valence-electron chi connectivity index (χ2n) is 4.38. The molecule has 1 unspecified atom stereocenters. The first-order chi connectivity index (χ1) is 9.81. The zero-order valence-electron chi connectivity index (χ0n) is 11.0. The highest BCUT2D eigenvalue weighted by molar-refractivity contribution is 9.10. The highest BCUT2D eigenvalue weighted by Gasteiger charge is 2.20. The van der Waals surface area contributed by atoms with Gasteiger partial charge in [0.2, 0.25) is 0 Å². The van der Waals surface area contributed by atoms with Crippen LogP contribution in [0.2, 0.25) is 5.02 Å². The first-order valence-electron chi connectivity index (χ1n) is 6.02. The highest BCUT2D eigenvalue weighted by atomic mass is 79.9. The second-order valence-corrected chi connectivity index (χ2v) is 8.01. The Morgan fingerprint density at radius 1 is 1.19 bits per heavy atom.